The summed E-state index contributed by atoms with van der Waals surface area (Å²) in [6.45, 7) is 0. The fourth-order valence-electron chi connectivity index (χ4n) is 4.63. The van der Waals surface area contributed by atoms with Crippen molar-refractivity contribution in [2.45, 2.75) is 0 Å². The highest BCUT2D eigenvalue weighted by Gasteiger charge is 2.14. The number of nitrogens with zero attached hydrogens (tertiary/aromatic N) is 4. The van der Waals surface area contributed by atoms with E-state index >= 15 is 0 Å². The third-order valence-corrected chi connectivity index (χ3v) is 6.33. The molecular formula is C30H20N6. The maximum absolute atomic E-state index is 4.91. The van der Waals surface area contributed by atoms with E-state index in [1.165, 1.54) is 0 Å². The summed E-state index contributed by atoms with van der Waals surface area (Å²) in [4.78, 5) is 25.5. The standard InChI is InChI=1S/C30H20N6/c1-3-16-31-25(12-1)29-33-23-14-6-10-21(27(23)35-29)19-8-5-9-20(18-19)22-11-7-15-24-28(22)36-30(34-24)26-13-2-4-17-32-26/h1-18H,(H,33,35)(H,34,36). The van der Waals surface area contributed by atoms with Crippen molar-refractivity contribution in [1.29, 1.82) is 0 Å². The van der Waals surface area contributed by atoms with Crippen LogP contribution in [0.15, 0.2) is 109 Å². The number of hydrogen-bond donors (Lipinski definition) is 2. The van der Waals surface area contributed by atoms with Crippen LogP contribution < -0.4 is 0 Å². The van der Waals surface area contributed by atoms with Gasteiger partial charge in [0.25, 0.3) is 0 Å². The predicted octanol–water partition coefficient (Wildman–Crippen LogP) is 6.90. The minimum absolute atomic E-state index is 0.762. The highest BCUT2D eigenvalue weighted by atomic mass is 15.0. The zero-order valence-electron chi connectivity index (χ0n) is 19.2. The fourth-order valence-corrected chi connectivity index (χ4v) is 4.63. The van der Waals surface area contributed by atoms with Crippen LogP contribution in [0.3, 0.4) is 0 Å². The first-order chi connectivity index (χ1) is 17.8. The Kier molecular flexibility index (Phi) is 4.67. The van der Waals surface area contributed by atoms with Gasteiger partial charge in [-0.1, -0.05) is 54.6 Å². The van der Waals surface area contributed by atoms with E-state index in [0.717, 1.165) is 67.4 Å². The first kappa shape index (κ1) is 20.3. The lowest BCUT2D eigenvalue weighted by Crippen LogP contribution is -1.85. The molecule has 2 N–H and O–H groups in total. The van der Waals surface area contributed by atoms with Gasteiger partial charge in [0.05, 0.1) is 22.1 Å². The summed E-state index contributed by atoms with van der Waals surface area (Å²) in [7, 11) is 0. The van der Waals surface area contributed by atoms with Gasteiger partial charge in [0.2, 0.25) is 0 Å². The topological polar surface area (TPSA) is 83.1 Å². The van der Waals surface area contributed by atoms with Crippen LogP contribution in [-0.2, 0) is 0 Å². The molecule has 0 radical (unpaired) electrons. The average molecular weight is 465 g/mol. The molecule has 7 aromatic rings. The molecule has 0 amide bonds. The largest absolute Gasteiger partial charge is 0.337 e. The van der Waals surface area contributed by atoms with Crippen molar-refractivity contribution in [3.63, 3.8) is 0 Å². The van der Waals surface area contributed by atoms with Crippen molar-refractivity contribution >= 4 is 22.1 Å². The lowest BCUT2D eigenvalue weighted by molar-refractivity contribution is 1.24. The van der Waals surface area contributed by atoms with E-state index < -0.39 is 0 Å². The lowest BCUT2D eigenvalue weighted by Gasteiger charge is -2.07. The third-order valence-electron chi connectivity index (χ3n) is 6.33. The number of hydrogen-bond acceptors (Lipinski definition) is 4. The molecule has 4 heterocycles. The summed E-state index contributed by atoms with van der Waals surface area (Å²) in [5.41, 5.74) is 9.76. The predicted molar refractivity (Wildman–Crippen MR) is 143 cm³/mol. The molecule has 0 spiro atoms. The van der Waals surface area contributed by atoms with Gasteiger partial charge in [-0.25, -0.2) is 9.97 Å². The van der Waals surface area contributed by atoms with Gasteiger partial charge >= 0.3 is 0 Å². The second-order valence-corrected chi connectivity index (χ2v) is 8.59. The Morgan fingerprint density at radius 1 is 0.472 bits per heavy atom. The highest BCUT2D eigenvalue weighted by Crippen LogP contribution is 2.34. The van der Waals surface area contributed by atoms with Gasteiger partial charge in [-0.2, -0.15) is 0 Å². The van der Waals surface area contributed by atoms with Gasteiger partial charge in [-0.3, -0.25) is 9.97 Å². The first-order valence-electron chi connectivity index (χ1n) is 11.7. The van der Waals surface area contributed by atoms with E-state index in [1.54, 1.807) is 12.4 Å². The van der Waals surface area contributed by atoms with Crippen molar-refractivity contribution in [3.05, 3.63) is 109 Å². The van der Waals surface area contributed by atoms with Crippen molar-refractivity contribution < 1.29 is 0 Å². The van der Waals surface area contributed by atoms with Crippen LogP contribution in [0.4, 0.5) is 0 Å². The molecule has 170 valence electrons. The Morgan fingerprint density at radius 2 is 0.972 bits per heavy atom. The Hall–Kier alpha value is -5.10. The number of aromatic amines is 2. The number of rotatable bonds is 4. The minimum Gasteiger partial charge on any atom is -0.337 e. The Morgan fingerprint density at radius 3 is 1.44 bits per heavy atom. The van der Waals surface area contributed by atoms with E-state index in [1.807, 2.05) is 48.5 Å². The molecule has 0 aliphatic rings. The van der Waals surface area contributed by atoms with Crippen LogP contribution in [0.5, 0.6) is 0 Å². The number of benzene rings is 3. The molecule has 0 aliphatic heterocycles. The van der Waals surface area contributed by atoms with Gasteiger partial charge in [0.1, 0.15) is 11.4 Å². The maximum atomic E-state index is 4.91. The monoisotopic (exact) mass is 464 g/mol. The molecule has 6 heteroatoms. The van der Waals surface area contributed by atoms with Crippen LogP contribution in [0.25, 0.3) is 67.4 Å². The van der Waals surface area contributed by atoms with Crippen LogP contribution in [0.1, 0.15) is 0 Å². The van der Waals surface area contributed by atoms with E-state index in [0.29, 0.717) is 0 Å². The molecule has 3 aromatic carbocycles. The molecule has 36 heavy (non-hydrogen) atoms. The Balaban J connectivity index is 1.34. The number of H-pyrrole nitrogens is 2. The van der Waals surface area contributed by atoms with Gasteiger partial charge in [-0.15, -0.1) is 0 Å². The summed E-state index contributed by atoms with van der Waals surface area (Å²) >= 11 is 0. The second-order valence-electron chi connectivity index (χ2n) is 8.59. The quantitative estimate of drug-likeness (QED) is 0.297. The molecule has 0 saturated heterocycles. The van der Waals surface area contributed by atoms with Gasteiger partial charge in [0.15, 0.2) is 11.6 Å². The molecular weight excluding hydrogens is 444 g/mol. The minimum atomic E-state index is 0.762. The zero-order chi connectivity index (χ0) is 23.9. The number of aromatic nitrogens is 6. The number of para-hydroxylation sites is 2. The molecule has 0 atom stereocenters. The fraction of sp³-hybridized carbons (Fsp3) is 0. The van der Waals surface area contributed by atoms with Crippen molar-refractivity contribution in [3.8, 4) is 45.3 Å². The van der Waals surface area contributed by atoms with E-state index in [4.69, 9.17) is 9.97 Å². The van der Waals surface area contributed by atoms with Gasteiger partial charge in [-0.05, 0) is 53.6 Å². The molecule has 7 rings (SSSR count). The maximum Gasteiger partial charge on any atom is 0.157 e. The van der Waals surface area contributed by atoms with Crippen LogP contribution in [-0.4, -0.2) is 29.9 Å². The summed E-state index contributed by atoms with van der Waals surface area (Å²) in [6, 6.07) is 32.6. The molecule has 4 aromatic heterocycles. The van der Waals surface area contributed by atoms with Crippen molar-refractivity contribution in [2.24, 2.45) is 0 Å². The molecule has 0 fully saturated rings. The molecule has 0 bridgehead atoms. The van der Waals surface area contributed by atoms with Gasteiger partial charge < -0.3 is 9.97 Å². The van der Waals surface area contributed by atoms with E-state index in [-0.39, 0.29) is 0 Å². The van der Waals surface area contributed by atoms with Crippen LogP contribution >= 0.6 is 0 Å². The molecule has 6 nitrogen and oxygen atoms in total. The summed E-state index contributed by atoms with van der Waals surface area (Å²) in [5, 5.41) is 0. The van der Waals surface area contributed by atoms with E-state index in [2.05, 4.69) is 68.5 Å². The summed E-state index contributed by atoms with van der Waals surface area (Å²) < 4.78 is 0. The van der Waals surface area contributed by atoms with Crippen molar-refractivity contribution in [1.82, 2.24) is 29.9 Å². The number of fused-ring (bicyclic) bond motifs is 2. The third kappa shape index (κ3) is 3.44. The van der Waals surface area contributed by atoms with Crippen molar-refractivity contribution in [2.75, 3.05) is 0 Å². The zero-order valence-corrected chi connectivity index (χ0v) is 19.2. The second kappa shape index (κ2) is 8.29. The number of nitrogens with one attached hydrogen (secondary N) is 2. The number of pyridine rings is 2. The van der Waals surface area contributed by atoms with E-state index in [9.17, 15) is 0 Å². The lowest BCUT2D eigenvalue weighted by atomic mass is 9.97. The highest BCUT2D eigenvalue weighted by molar-refractivity contribution is 5.97. The Bertz CT molecular complexity index is 1700. The molecule has 0 aliphatic carbocycles. The SMILES string of the molecule is c1ccc(-c2nc3c(-c4cccc(-c5cccc6[nH]c(-c7ccccn7)nc56)c4)cccc3[nH]2)nc1. The number of imidazole rings is 2. The average Bonchev–Trinajstić information content (AvgIpc) is 3.59. The first-order valence-corrected chi connectivity index (χ1v) is 11.7. The summed E-state index contributed by atoms with van der Waals surface area (Å²) in [5.74, 6) is 1.52. The summed E-state index contributed by atoms with van der Waals surface area (Å²) in [6.07, 6.45) is 3.56. The Labute approximate surface area is 206 Å². The molecule has 0 saturated carbocycles. The normalized spacial score (nSPS) is 11.3. The molecule has 0 unspecified atom stereocenters. The van der Waals surface area contributed by atoms with Crippen LogP contribution in [0, 0.1) is 0 Å². The van der Waals surface area contributed by atoms with Crippen LogP contribution in [0.2, 0.25) is 0 Å². The van der Waals surface area contributed by atoms with Gasteiger partial charge in [0, 0.05) is 23.5 Å². The smallest absolute Gasteiger partial charge is 0.157 e.